The lowest BCUT2D eigenvalue weighted by atomic mass is 10.1. The van der Waals surface area contributed by atoms with Gasteiger partial charge in [0.1, 0.15) is 0 Å². The molecule has 0 aliphatic heterocycles. The number of halogens is 1. The van der Waals surface area contributed by atoms with E-state index in [0.29, 0.717) is 12.1 Å². The molecule has 0 atom stereocenters. The summed E-state index contributed by atoms with van der Waals surface area (Å²) in [7, 11) is 0. The Morgan fingerprint density at radius 1 is 1.12 bits per heavy atom. The van der Waals surface area contributed by atoms with E-state index in [2.05, 4.69) is 38.2 Å². The predicted molar refractivity (Wildman–Crippen MR) is 106 cm³/mol. The Bertz CT molecular complexity index is 694. The SMILES string of the molecule is Cc1cc(SC(C)(C)C)ccc1NC(=O)c1ccc(CN)cc1.Cl. The van der Waals surface area contributed by atoms with Crippen molar-refractivity contribution in [3.8, 4) is 0 Å². The second-order valence-electron chi connectivity index (χ2n) is 6.55. The Kier molecular flexibility index (Phi) is 7.33. The Morgan fingerprint density at radius 3 is 2.25 bits per heavy atom. The number of nitrogens with two attached hydrogens (primary N) is 1. The zero-order chi connectivity index (χ0) is 17.0. The van der Waals surface area contributed by atoms with E-state index in [-0.39, 0.29) is 23.1 Å². The van der Waals surface area contributed by atoms with Crippen LogP contribution >= 0.6 is 24.2 Å². The fourth-order valence-corrected chi connectivity index (χ4v) is 3.26. The van der Waals surface area contributed by atoms with Crippen LogP contribution < -0.4 is 11.1 Å². The molecule has 0 unspecified atom stereocenters. The number of rotatable bonds is 4. The fraction of sp³-hybridized carbons (Fsp3) is 0.316. The number of carbonyl (C=O) groups is 1. The number of nitrogens with one attached hydrogen (secondary N) is 1. The summed E-state index contributed by atoms with van der Waals surface area (Å²) in [5.74, 6) is -0.104. The molecular formula is C19H25ClN2OS. The van der Waals surface area contributed by atoms with Gasteiger partial charge in [-0.15, -0.1) is 24.2 Å². The van der Waals surface area contributed by atoms with Crippen LogP contribution in [0, 0.1) is 6.92 Å². The van der Waals surface area contributed by atoms with E-state index in [1.54, 1.807) is 12.1 Å². The number of aryl methyl sites for hydroxylation is 1. The molecule has 3 N–H and O–H groups in total. The van der Waals surface area contributed by atoms with Crippen molar-refractivity contribution in [1.82, 2.24) is 0 Å². The highest BCUT2D eigenvalue weighted by Crippen LogP contribution is 2.33. The molecule has 1 amide bonds. The lowest BCUT2D eigenvalue weighted by Crippen LogP contribution is -2.13. The summed E-state index contributed by atoms with van der Waals surface area (Å²) < 4.78 is 0.169. The molecule has 2 aromatic carbocycles. The van der Waals surface area contributed by atoms with E-state index in [1.165, 1.54) is 4.90 Å². The van der Waals surface area contributed by atoms with Crippen molar-refractivity contribution in [1.29, 1.82) is 0 Å². The largest absolute Gasteiger partial charge is 0.326 e. The van der Waals surface area contributed by atoms with Gasteiger partial charge < -0.3 is 11.1 Å². The molecule has 130 valence electrons. The first-order chi connectivity index (χ1) is 10.8. The summed E-state index contributed by atoms with van der Waals surface area (Å²) in [6.07, 6.45) is 0. The summed E-state index contributed by atoms with van der Waals surface area (Å²) in [5, 5.41) is 2.97. The zero-order valence-corrected chi connectivity index (χ0v) is 16.2. The molecule has 0 spiro atoms. The summed E-state index contributed by atoms with van der Waals surface area (Å²) in [4.78, 5) is 13.5. The van der Waals surface area contributed by atoms with Crippen LogP contribution in [0.15, 0.2) is 47.4 Å². The third-order valence-electron chi connectivity index (χ3n) is 3.32. The fourth-order valence-electron chi connectivity index (χ4n) is 2.18. The van der Waals surface area contributed by atoms with Gasteiger partial charge in [0.05, 0.1) is 0 Å². The Balaban J connectivity index is 0.00000288. The quantitative estimate of drug-likeness (QED) is 0.749. The number of hydrogen-bond acceptors (Lipinski definition) is 3. The first kappa shape index (κ1) is 20.6. The monoisotopic (exact) mass is 364 g/mol. The van der Waals surface area contributed by atoms with Crippen LogP contribution in [0.5, 0.6) is 0 Å². The first-order valence-electron chi connectivity index (χ1n) is 7.68. The molecule has 0 saturated heterocycles. The van der Waals surface area contributed by atoms with Crippen molar-refractivity contribution in [2.75, 3.05) is 5.32 Å². The molecule has 0 saturated carbocycles. The molecule has 5 heteroatoms. The van der Waals surface area contributed by atoms with Gasteiger partial charge in [0.25, 0.3) is 5.91 Å². The summed E-state index contributed by atoms with van der Waals surface area (Å²) >= 11 is 1.82. The van der Waals surface area contributed by atoms with Crippen molar-refractivity contribution >= 4 is 35.8 Å². The number of anilines is 1. The highest BCUT2D eigenvalue weighted by Gasteiger charge is 2.13. The van der Waals surface area contributed by atoms with Crippen molar-refractivity contribution in [3.63, 3.8) is 0 Å². The normalized spacial score (nSPS) is 10.9. The molecule has 0 aromatic heterocycles. The second kappa shape index (κ2) is 8.56. The number of amides is 1. The van der Waals surface area contributed by atoms with Crippen molar-refractivity contribution in [3.05, 3.63) is 59.2 Å². The Morgan fingerprint density at radius 2 is 1.75 bits per heavy atom. The Labute approximate surface area is 154 Å². The van der Waals surface area contributed by atoms with Crippen molar-refractivity contribution < 1.29 is 4.79 Å². The van der Waals surface area contributed by atoms with Crippen molar-refractivity contribution in [2.45, 2.75) is 43.9 Å². The van der Waals surface area contributed by atoms with Gasteiger partial charge in [-0.3, -0.25) is 4.79 Å². The molecule has 0 bridgehead atoms. The minimum absolute atomic E-state index is 0. The number of hydrogen-bond donors (Lipinski definition) is 2. The van der Waals surface area contributed by atoms with Gasteiger partial charge in [0.15, 0.2) is 0 Å². The summed E-state index contributed by atoms with van der Waals surface area (Å²) in [6.45, 7) is 9.06. The van der Waals surface area contributed by atoms with E-state index in [1.807, 2.05) is 36.9 Å². The van der Waals surface area contributed by atoms with Gasteiger partial charge in [0.2, 0.25) is 0 Å². The van der Waals surface area contributed by atoms with Crippen LogP contribution in [0.25, 0.3) is 0 Å². The van der Waals surface area contributed by atoms with E-state index in [4.69, 9.17) is 5.73 Å². The second-order valence-corrected chi connectivity index (χ2v) is 8.45. The highest BCUT2D eigenvalue weighted by molar-refractivity contribution is 8.00. The van der Waals surface area contributed by atoms with Crippen LogP contribution in [0.1, 0.15) is 42.3 Å². The van der Waals surface area contributed by atoms with E-state index < -0.39 is 0 Å². The van der Waals surface area contributed by atoms with Gasteiger partial charge in [-0.05, 0) is 48.4 Å². The number of benzene rings is 2. The van der Waals surface area contributed by atoms with Gasteiger partial charge in [-0.2, -0.15) is 0 Å². The predicted octanol–water partition coefficient (Wildman–Crippen LogP) is 5.02. The molecule has 0 aliphatic rings. The standard InChI is InChI=1S/C19H24N2OS.ClH/c1-13-11-16(23-19(2,3)4)9-10-17(13)21-18(22)15-7-5-14(12-20)6-8-15;/h5-11H,12,20H2,1-4H3,(H,21,22);1H. The minimum atomic E-state index is -0.104. The molecule has 2 aromatic rings. The number of carbonyl (C=O) groups excluding carboxylic acids is 1. The van der Waals surface area contributed by atoms with Gasteiger partial charge in [0, 0.05) is 27.4 Å². The van der Waals surface area contributed by atoms with Gasteiger partial charge in [-0.1, -0.05) is 32.9 Å². The van der Waals surface area contributed by atoms with E-state index >= 15 is 0 Å². The third kappa shape index (κ3) is 5.86. The molecule has 0 aliphatic carbocycles. The third-order valence-corrected chi connectivity index (χ3v) is 4.42. The molecule has 0 heterocycles. The van der Waals surface area contributed by atoms with Gasteiger partial charge in [-0.25, -0.2) is 0 Å². The molecule has 2 rings (SSSR count). The first-order valence-corrected chi connectivity index (χ1v) is 8.50. The van der Waals surface area contributed by atoms with Gasteiger partial charge >= 0.3 is 0 Å². The van der Waals surface area contributed by atoms with Crippen LogP contribution in [-0.2, 0) is 6.54 Å². The maximum absolute atomic E-state index is 12.3. The average Bonchev–Trinajstić information content (AvgIpc) is 2.48. The Hall–Kier alpha value is -1.49. The smallest absolute Gasteiger partial charge is 0.255 e. The van der Waals surface area contributed by atoms with Crippen LogP contribution in [0.3, 0.4) is 0 Å². The highest BCUT2D eigenvalue weighted by atomic mass is 35.5. The van der Waals surface area contributed by atoms with Crippen LogP contribution in [0.2, 0.25) is 0 Å². The minimum Gasteiger partial charge on any atom is -0.326 e. The van der Waals surface area contributed by atoms with E-state index in [9.17, 15) is 4.79 Å². The van der Waals surface area contributed by atoms with E-state index in [0.717, 1.165) is 16.8 Å². The average molecular weight is 365 g/mol. The molecule has 0 fully saturated rings. The van der Waals surface area contributed by atoms with Crippen LogP contribution in [-0.4, -0.2) is 10.7 Å². The molecule has 3 nitrogen and oxygen atoms in total. The summed E-state index contributed by atoms with van der Waals surface area (Å²) in [6, 6.07) is 13.5. The topological polar surface area (TPSA) is 55.1 Å². The summed E-state index contributed by atoms with van der Waals surface area (Å²) in [5.41, 5.74) is 9.13. The number of thioether (sulfide) groups is 1. The van der Waals surface area contributed by atoms with Crippen molar-refractivity contribution in [2.24, 2.45) is 5.73 Å². The molecule has 0 radical (unpaired) electrons. The van der Waals surface area contributed by atoms with Crippen LogP contribution in [0.4, 0.5) is 5.69 Å². The molecular weight excluding hydrogens is 340 g/mol. The maximum Gasteiger partial charge on any atom is 0.255 e. The lowest BCUT2D eigenvalue weighted by molar-refractivity contribution is 0.102. The lowest BCUT2D eigenvalue weighted by Gasteiger charge is -2.18. The zero-order valence-electron chi connectivity index (χ0n) is 14.6. The molecule has 24 heavy (non-hydrogen) atoms. The maximum atomic E-state index is 12.3.